The molecule has 0 bridgehead atoms. The molecule has 0 aliphatic carbocycles. The fraction of sp³-hybridized carbons (Fsp3) is 0.550. The molecule has 28 heavy (non-hydrogen) atoms. The summed E-state index contributed by atoms with van der Waals surface area (Å²) in [6, 6.07) is 8.36. The van der Waals surface area contributed by atoms with Gasteiger partial charge in [0.05, 0.1) is 12.6 Å². The van der Waals surface area contributed by atoms with Crippen LogP contribution in [0.25, 0.3) is 0 Å². The van der Waals surface area contributed by atoms with Gasteiger partial charge in [-0.15, -0.1) is 0 Å². The molecule has 1 aromatic rings. The predicted molar refractivity (Wildman–Crippen MR) is 103 cm³/mol. The first-order valence-corrected chi connectivity index (χ1v) is 9.71. The second-order valence-electron chi connectivity index (χ2n) is 7.30. The average molecular weight is 388 g/mol. The Bertz CT molecular complexity index is 711. The summed E-state index contributed by atoms with van der Waals surface area (Å²) in [6.07, 6.45) is 1.33. The Kier molecular flexibility index (Phi) is 6.64. The third-order valence-electron chi connectivity index (χ3n) is 5.35. The van der Waals surface area contributed by atoms with E-state index in [0.717, 1.165) is 5.56 Å². The summed E-state index contributed by atoms with van der Waals surface area (Å²) in [4.78, 5) is 39.0. The molecule has 1 aromatic carbocycles. The third kappa shape index (κ3) is 4.69. The summed E-state index contributed by atoms with van der Waals surface area (Å²) in [5.74, 6) is -0.525. The van der Waals surface area contributed by atoms with Crippen LogP contribution in [0.2, 0.25) is 0 Å². The predicted octanol–water partition coefficient (Wildman–Crippen LogP) is 0.133. The molecule has 4 atom stereocenters. The van der Waals surface area contributed by atoms with Crippen molar-refractivity contribution in [1.29, 1.82) is 0 Å². The van der Waals surface area contributed by atoms with Gasteiger partial charge in [0.1, 0.15) is 12.3 Å². The molecule has 2 aliphatic heterocycles. The van der Waals surface area contributed by atoms with Crippen LogP contribution in [-0.4, -0.2) is 60.6 Å². The summed E-state index contributed by atoms with van der Waals surface area (Å²) >= 11 is 0. The number of ether oxygens (including phenoxy) is 1. The van der Waals surface area contributed by atoms with Crippen molar-refractivity contribution in [3.8, 4) is 0 Å². The average Bonchev–Trinajstić information content (AvgIpc) is 3.12. The van der Waals surface area contributed by atoms with E-state index in [1.54, 1.807) is 18.9 Å². The molecule has 0 aromatic heterocycles. The minimum absolute atomic E-state index is 0.0998. The molecule has 1 unspecified atom stereocenters. The number of benzene rings is 1. The smallest absolute Gasteiger partial charge is 0.249 e. The number of fused-ring (bicyclic) bond motifs is 1. The van der Waals surface area contributed by atoms with Crippen molar-refractivity contribution in [2.45, 2.75) is 57.1 Å². The maximum absolute atomic E-state index is 12.9. The van der Waals surface area contributed by atoms with Gasteiger partial charge < -0.3 is 25.6 Å². The van der Waals surface area contributed by atoms with Crippen molar-refractivity contribution < 1.29 is 19.1 Å². The van der Waals surface area contributed by atoms with Gasteiger partial charge in [-0.25, -0.2) is 0 Å². The molecule has 3 N–H and O–H groups in total. The molecule has 8 nitrogen and oxygen atoms in total. The topological polar surface area (TPSA) is 99.8 Å². The van der Waals surface area contributed by atoms with E-state index in [2.05, 4.69) is 16.0 Å². The molecule has 2 saturated heterocycles. The summed E-state index contributed by atoms with van der Waals surface area (Å²) in [6.45, 7) is 2.35. The van der Waals surface area contributed by atoms with E-state index in [0.29, 0.717) is 19.4 Å². The Morgan fingerprint density at radius 2 is 2.00 bits per heavy atom. The van der Waals surface area contributed by atoms with E-state index in [1.807, 2.05) is 30.3 Å². The van der Waals surface area contributed by atoms with Crippen LogP contribution in [0.3, 0.4) is 0 Å². The van der Waals surface area contributed by atoms with Crippen molar-refractivity contribution in [2.75, 3.05) is 13.7 Å². The van der Waals surface area contributed by atoms with Crippen molar-refractivity contribution in [1.82, 2.24) is 20.9 Å². The lowest BCUT2D eigenvalue weighted by Crippen LogP contribution is -2.61. The second kappa shape index (κ2) is 9.16. The molecule has 3 amide bonds. The number of nitrogens with zero attached hydrogens (tertiary/aromatic N) is 1. The Morgan fingerprint density at radius 1 is 1.25 bits per heavy atom. The van der Waals surface area contributed by atoms with Crippen LogP contribution >= 0.6 is 0 Å². The quantitative estimate of drug-likeness (QED) is 0.617. The molecule has 152 valence electrons. The van der Waals surface area contributed by atoms with Gasteiger partial charge in [0.15, 0.2) is 0 Å². The Hall–Kier alpha value is -2.45. The van der Waals surface area contributed by atoms with Crippen LogP contribution in [0.5, 0.6) is 0 Å². The Morgan fingerprint density at radius 3 is 2.71 bits per heavy atom. The van der Waals surface area contributed by atoms with Crippen molar-refractivity contribution in [2.24, 2.45) is 0 Å². The standard InChI is InChI=1S/C20H28N4O4/c1-13(21-2)19(26)23-16-12-28-18-9-8-15(24(18)20(16)27)10-17(25)22-11-14-6-4-3-5-7-14/h3-7,13,15-16,18,21H,8-12H2,1-2H3,(H,22,25)(H,23,26)/t13-,15?,16-,18-/m0/s1. The highest BCUT2D eigenvalue weighted by Gasteiger charge is 2.45. The third-order valence-corrected chi connectivity index (χ3v) is 5.35. The van der Waals surface area contributed by atoms with Crippen LogP contribution < -0.4 is 16.0 Å². The minimum Gasteiger partial charge on any atom is -0.356 e. The first-order chi connectivity index (χ1) is 13.5. The molecular formula is C20H28N4O4. The number of carbonyl (C=O) groups excluding carboxylic acids is 3. The number of hydrogen-bond acceptors (Lipinski definition) is 5. The molecular weight excluding hydrogens is 360 g/mol. The summed E-state index contributed by atoms with van der Waals surface area (Å²) in [5.41, 5.74) is 1.03. The zero-order valence-corrected chi connectivity index (χ0v) is 16.3. The first kappa shape index (κ1) is 20.3. The van der Waals surface area contributed by atoms with Gasteiger partial charge in [0, 0.05) is 19.0 Å². The lowest BCUT2D eigenvalue weighted by atomic mass is 10.1. The maximum atomic E-state index is 12.9. The molecule has 2 fully saturated rings. The molecule has 3 rings (SSSR count). The number of nitrogens with one attached hydrogen (secondary N) is 3. The molecule has 0 radical (unpaired) electrons. The van der Waals surface area contributed by atoms with Crippen molar-refractivity contribution in [3.05, 3.63) is 35.9 Å². The van der Waals surface area contributed by atoms with Crippen LogP contribution in [-0.2, 0) is 25.7 Å². The summed E-state index contributed by atoms with van der Waals surface area (Å²) < 4.78 is 5.78. The number of amides is 3. The van der Waals surface area contributed by atoms with Gasteiger partial charge in [-0.2, -0.15) is 0 Å². The van der Waals surface area contributed by atoms with Crippen LogP contribution in [0.1, 0.15) is 31.7 Å². The SMILES string of the molecule is CN[C@@H](C)C(=O)N[C@H]1CO[C@H]2CCC(CC(=O)NCc3ccccc3)N2C1=O. The zero-order chi connectivity index (χ0) is 20.1. The Balaban J connectivity index is 1.55. The van der Waals surface area contributed by atoms with E-state index in [9.17, 15) is 14.4 Å². The van der Waals surface area contributed by atoms with E-state index < -0.39 is 12.1 Å². The fourth-order valence-electron chi connectivity index (χ4n) is 3.61. The van der Waals surface area contributed by atoms with E-state index in [-0.39, 0.29) is 43.0 Å². The highest BCUT2D eigenvalue weighted by molar-refractivity contribution is 5.90. The van der Waals surface area contributed by atoms with E-state index in [1.165, 1.54) is 0 Å². The normalized spacial score (nSPS) is 25.1. The number of rotatable bonds is 7. The highest BCUT2D eigenvalue weighted by atomic mass is 16.5. The van der Waals surface area contributed by atoms with Gasteiger partial charge in [-0.05, 0) is 32.4 Å². The van der Waals surface area contributed by atoms with Gasteiger partial charge in [-0.3, -0.25) is 14.4 Å². The van der Waals surface area contributed by atoms with E-state index in [4.69, 9.17) is 4.74 Å². The number of likely N-dealkylation sites (N-methyl/N-ethyl adjacent to an activating group) is 1. The van der Waals surface area contributed by atoms with Crippen molar-refractivity contribution >= 4 is 17.7 Å². The van der Waals surface area contributed by atoms with Crippen LogP contribution in [0, 0.1) is 0 Å². The van der Waals surface area contributed by atoms with Crippen LogP contribution in [0.4, 0.5) is 0 Å². The molecule has 2 aliphatic rings. The minimum atomic E-state index is -0.715. The molecule has 2 heterocycles. The molecule has 8 heteroatoms. The lowest BCUT2D eigenvalue weighted by Gasteiger charge is -2.38. The monoisotopic (exact) mass is 388 g/mol. The maximum Gasteiger partial charge on any atom is 0.249 e. The highest BCUT2D eigenvalue weighted by Crippen LogP contribution is 2.30. The summed E-state index contributed by atoms with van der Waals surface area (Å²) in [5, 5.41) is 8.49. The van der Waals surface area contributed by atoms with Gasteiger partial charge in [0.2, 0.25) is 17.7 Å². The largest absolute Gasteiger partial charge is 0.356 e. The van der Waals surface area contributed by atoms with E-state index >= 15 is 0 Å². The van der Waals surface area contributed by atoms with Crippen LogP contribution in [0.15, 0.2) is 30.3 Å². The Labute approximate surface area is 165 Å². The lowest BCUT2D eigenvalue weighted by molar-refractivity contribution is -0.165. The van der Waals surface area contributed by atoms with Crippen molar-refractivity contribution in [3.63, 3.8) is 0 Å². The van der Waals surface area contributed by atoms with Gasteiger partial charge in [-0.1, -0.05) is 30.3 Å². The zero-order valence-electron chi connectivity index (χ0n) is 16.3. The van der Waals surface area contributed by atoms with Gasteiger partial charge >= 0.3 is 0 Å². The number of hydrogen-bond donors (Lipinski definition) is 3. The number of carbonyl (C=O) groups is 3. The fourth-order valence-corrected chi connectivity index (χ4v) is 3.61. The van der Waals surface area contributed by atoms with Gasteiger partial charge in [0.25, 0.3) is 0 Å². The molecule has 0 spiro atoms. The first-order valence-electron chi connectivity index (χ1n) is 9.71. The summed E-state index contributed by atoms with van der Waals surface area (Å²) in [7, 11) is 1.68. The second-order valence-corrected chi connectivity index (χ2v) is 7.30. The molecule has 0 saturated carbocycles.